The molecular formula is C25H25N3O2S. The van der Waals surface area contributed by atoms with Crippen molar-refractivity contribution >= 4 is 17.5 Å². The summed E-state index contributed by atoms with van der Waals surface area (Å²) < 4.78 is 7.54. The number of carbonyl (C=O) groups excluding carboxylic acids is 1. The van der Waals surface area contributed by atoms with Crippen LogP contribution in [0.4, 0.5) is 0 Å². The van der Waals surface area contributed by atoms with E-state index in [0.29, 0.717) is 17.5 Å². The van der Waals surface area contributed by atoms with Gasteiger partial charge in [0.1, 0.15) is 5.76 Å². The molecule has 6 heteroatoms. The first-order chi connectivity index (χ1) is 14.9. The van der Waals surface area contributed by atoms with Gasteiger partial charge in [-0.25, -0.2) is 0 Å². The molecule has 5 nitrogen and oxygen atoms in total. The Bertz CT molecular complexity index is 1230. The average molecular weight is 432 g/mol. The highest BCUT2D eigenvalue weighted by atomic mass is 32.2. The number of Topliss-reactive ketones (excluding diaryl/α,β-unsaturated/α-hetero) is 1. The number of ketones is 1. The van der Waals surface area contributed by atoms with Crippen LogP contribution in [0.5, 0.6) is 0 Å². The molecule has 2 aromatic carbocycles. The molecule has 4 aromatic rings. The van der Waals surface area contributed by atoms with Crippen molar-refractivity contribution < 1.29 is 9.21 Å². The second kappa shape index (κ2) is 8.94. The van der Waals surface area contributed by atoms with Crippen LogP contribution in [-0.4, -0.2) is 26.3 Å². The number of benzene rings is 2. The van der Waals surface area contributed by atoms with E-state index >= 15 is 0 Å². The molecule has 2 aromatic heterocycles. The second-order valence-corrected chi connectivity index (χ2v) is 8.67. The zero-order chi connectivity index (χ0) is 22.0. The van der Waals surface area contributed by atoms with Gasteiger partial charge < -0.3 is 4.42 Å². The summed E-state index contributed by atoms with van der Waals surface area (Å²) in [6, 6.07) is 16.1. The van der Waals surface area contributed by atoms with Crippen LogP contribution in [0.15, 0.2) is 64.4 Å². The smallest absolute Gasteiger partial charge is 0.192 e. The van der Waals surface area contributed by atoms with E-state index in [1.54, 1.807) is 6.26 Å². The van der Waals surface area contributed by atoms with E-state index in [2.05, 4.69) is 39.9 Å². The lowest BCUT2D eigenvalue weighted by molar-refractivity contribution is 0.102. The van der Waals surface area contributed by atoms with Crippen LogP contribution < -0.4 is 0 Å². The lowest BCUT2D eigenvalue weighted by Gasteiger charge is -2.11. The minimum atomic E-state index is 0.0981. The van der Waals surface area contributed by atoms with E-state index in [4.69, 9.17) is 4.42 Å². The summed E-state index contributed by atoms with van der Waals surface area (Å²) >= 11 is 1.42. The largest absolute Gasteiger partial charge is 0.469 e. The summed E-state index contributed by atoms with van der Waals surface area (Å²) in [6.07, 6.45) is 1.66. The van der Waals surface area contributed by atoms with Crippen molar-refractivity contribution in [3.05, 3.63) is 88.4 Å². The minimum absolute atomic E-state index is 0.0981. The lowest BCUT2D eigenvalue weighted by Crippen LogP contribution is -2.08. The fraction of sp³-hybridized carbons (Fsp3) is 0.240. The molecule has 0 bridgehead atoms. The fourth-order valence-corrected chi connectivity index (χ4v) is 4.41. The molecule has 0 aliphatic carbocycles. The molecule has 0 N–H and O–H groups in total. The Hall–Kier alpha value is -3.12. The molecule has 0 saturated carbocycles. The molecule has 2 heterocycles. The third-order valence-electron chi connectivity index (χ3n) is 5.47. The van der Waals surface area contributed by atoms with Crippen molar-refractivity contribution in [2.24, 2.45) is 0 Å². The molecule has 0 aliphatic heterocycles. The number of aromatic nitrogens is 3. The van der Waals surface area contributed by atoms with Gasteiger partial charge in [0.15, 0.2) is 16.8 Å². The first kappa shape index (κ1) is 21.1. The van der Waals surface area contributed by atoms with Crippen LogP contribution in [0, 0.1) is 27.7 Å². The first-order valence-corrected chi connectivity index (χ1v) is 11.2. The quantitative estimate of drug-likeness (QED) is 0.274. The van der Waals surface area contributed by atoms with Crippen LogP contribution >= 0.6 is 11.8 Å². The summed E-state index contributed by atoms with van der Waals surface area (Å²) in [5.41, 5.74) is 6.16. The molecular weight excluding hydrogens is 406 g/mol. The average Bonchev–Trinajstić information content (AvgIpc) is 3.35. The van der Waals surface area contributed by atoms with Gasteiger partial charge in [0.2, 0.25) is 0 Å². The van der Waals surface area contributed by atoms with E-state index in [1.807, 2.05) is 51.1 Å². The van der Waals surface area contributed by atoms with Crippen LogP contribution in [0.2, 0.25) is 0 Å². The normalized spacial score (nSPS) is 11.1. The maximum atomic E-state index is 13.0. The summed E-state index contributed by atoms with van der Waals surface area (Å²) in [5, 5.41) is 9.56. The Labute approximate surface area is 186 Å². The van der Waals surface area contributed by atoms with Gasteiger partial charge >= 0.3 is 0 Å². The molecule has 31 heavy (non-hydrogen) atoms. The Kier molecular flexibility index (Phi) is 6.09. The number of rotatable bonds is 7. The predicted molar refractivity (Wildman–Crippen MR) is 124 cm³/mol. The summed E-state index contributed by atoms with van der Waals surface area (Å²) in [5.74, 6) is 1.94. The molecule has 0 amide bonds. The molecule has 0 radical (unpaired) electrons. The standard InChI is InChI=1S/C25H25N3O2S/c1-16-12-18(3)22(13-17(16)2)23(29)15-31-25-27-26-24(21-10-11-30-19(21)4)28(25)14-20-8-6-5-7-9-20/h5-13H,14-15H2,1-4H3. The molecule has 0 atom stereocenters. The molecule has 0 fully saturated rings. The highest BCUT2D eigenvalue weighted by Crippen LogP contribution is 2.28. The monoisotopic (exact) mass is 431 g/mol. The Morgan fingerprint density at radius 1 is 0.968 bits per heavy atom. The zero-order valence-electron chi connectivity index (χ0n) is 18.2. The van der Waals surface area contributed by atoms with Gasteiger partial charge in [-0.3, -0.25) is 9.36 Å². The van der Waals surface area contributed by atoms with Crippen molar-refractivity contribution in [2.45, 2.75) is 39.4 Å². The van der Waals surface area contributed by atoms with Gasteiger partial charge in [-0.2, -0.15) is 0 Å². The predicted octanol–water partition coefficient (Wildman–Crippen LogP) is 5.80. The minimum Gasteiger partial charge on any atom is -0.469 e. The summed E-state index contributed by atoms with van der Waals surface area (Å²) in [6.45, 7) is 8.62. The van der Waals surface area contributed by atoms with Crippen molar-refractivity contribution in [2.75, 3.05) is 5.75 Å². The Morgan fingerprint density at radius 2 is 1.71 bits per heavy atom. The molecule has 0 unspecified atom stereocenters. The van der Waals surface area contributed by atoms with E-state index in [1.165, 1.54) is 17.3 Å². The van der Waals surface area contributed by atoms with Gasteiger partial charge in [0.25, 0.3) is 0 Å². The van der Waals surface area contributed by atoms with Crippen LogP contribution in [0.3, 0.4) is 0 Å². The van der Waals surface area contributed by atoms with Crippen LogP contribution in [-0.2, 0) is 6.54 Å². The zero-order valence-corrected chi connectivity index (χ0v) is 19.0. The highest BCUT2D eigenvalue weighted by molar-refractivity contribution is 7.99. The number of aryl methyl sites for hydroxylation is 4. The van der Waals surface area contributed by atoms with E-state index in [0.717, 1.165) is 39.4 Å². The number of hydrogen-bond donors (Lipinski definition) is 0. The number of nitrogens with zero attached hydrogens (tertiary/aromatic N) is 3. The van der Waals surface area contributed by atoms with Crippen LogP contribution in [0.1, 0.15) is 38.4 Å². The van der Waals surface area contributed by atoms with Crippen molar-refractivity contribution in [1.82, 2.24) is 14.8 Å². The third kappa shape index (κ3) is 4.49. The molecule has 158 valence electrons. The maximum Gasteiger partial charge on any atom is 0.192 e. The molecule has 0 spiro atoms. The Balaban J connectivity index is 1.62. The SMILES string of the molecule is Cc1cc(C)c(C(=O)CSc2nnc(-c3ccoc3C)n2Cc2ccccc2)cc1C. The number of thioether (sulfide) groups is 1. The number of carbonyl (C=O) groups is 1. The topological polar surface area (TPSA) is 60.9 Å². The summed E-state index contributed by atoms with van der Waals surface area (Å²) in [4.78, 5) is 13.0. The Morgan fingerprint density at radius 3 is 2.42 bits per heavy atom. The van der Waals surface area contributed by atoms with Gasteiger partial charge in [-0.15, -0.1) is 10.2 Å². The fourth-order valence-electron chi connectivity index (χ4n) is 3.59. The van der Waals surface area contributed by atoms with E-state index in [9.17, 15) is 4.79 Å². The summed E-state index contributed by atoms with van der Waals surface area (Å²) in [7, 11) is 0. The third-order valence-corrected chi connectivity index (χ3v) is 6.44. The molecule has 4 rings (SSSR count). The van der Waals surface area contributed by atoms with Crippen LogP contribution in [0.25, 0.3) is 11.4 Å². The molecule has 0 aliphatic rings. The maximum absolute atomic E-state index is 13.0. The number of hydrogen-bond acceptors (Lipinski definition) is 5. The van der Waals surface area contributed by atoms with Gasteiger partial charge in [-0.1, -0.05) is 48.2 Å². The van der Waals surface area contributed by atoms with E-state index < -0.39 is 0 Å². The van der Waals surface area contributed by atoms with Crippen molar-refractivity contribution in [3.63, 3.8) is 0 Å². The molecule has 0 saturated heterocycles. The first-order valence-electron chi connectivity index (χ1n) is 10.2. The van der Waals surface area contributed by atoms with Gasteiger partial charge in [0, 0.05) is 5.56 Å². The highest BCUT2D eigenvalue weighted by Gasteiger charge is 2.19. The van der Waals surface area contributed by atoms with Crippen molar-refractivity contribution in [3.8, 4) is 11.4 Å². The van der Waals surface area contributed by atoms with Gasteiger partial charge in [0.05, 0.1) is 24.1 Å². The lowest BCUT2D eigenvalue weighted by atomic mass is 9.99. The van der Waals surface area contributed by atoms with Gasteiger partial charge in [-0.05, 0) is 62.1 Å². The number of furan rings is 1. The second-order valence-electron chi connectivity index (χ2n) is 7.73. The van der Waals surface area contributed by atoms with Crippen molar-refractivity contribution in [1.29, 1.82) is 0 Å². The van der Waals surface area contributed by atoms with E-state index in [-0.39, 0.29) is 5.78 Å².